The molecule has 2 heterocycles. The van der Waals surface area contributed by atoms with Gasteiger partial charge in [0.25, 0.3) is 5.69 Å². The van der Waals surface area contributed by atoms with Crippen LogP contribution in [-0.4, -0.2) is 35.0 Å². The Balaban J connectivity index is 1.43. The van der Waals surface area contributed by atoms with Crippen LogP contribution in [0.2, 0.25) is 0 Å². The molecule has 0 radical (unpaired) electrons. The fraction of sp³-hybridized carbons (Fsp3) is 0.310. The van der Waals surface area contributed by atoms with E-state index in [4.69, 9.17) is 4.74 Å². The molecule has 1 N–H and O–H groups in total. The van der Waals surface area contributed by atoms with Gasteiger partial charge in [-0.25, -0.2) is 0 Å². The van der Waals surface area contributed by atoms with E-state index in [2.05, 4.69) is 58.4 Å². The zero-order valence-electron chi connectivity index (χ0n) is 19.9. The zero-order chi connectivity index (χ0) is 24.0. The average molecular weight is 468 g/mol. The minimum absolute atomic E-state index is 0.0373. The number of piperidine rings is 1. The topological polar surface area (TPSA) is 71.4 Å². The van der Waals surface area contributed by atoms with E-state index in [9.17, 15) is 10.1 Å². The fourth-order valence-electron chi connectivity index (χ4n) is 6.44. The van der Waals surface area contributed by atoms with Crippen LogP contribution < -0.4 is 4.74 Å². The number of H-pyrrole nitrogens is 1. The van der Waals surface area contributed by atoms with Crippen molar-refractivity contribution < 1.29 is 9.66 Å². The number of para-hydroxylation sites is 1. The minimum atomic E-state index is -0.281. The zero-order valence-corrected chi connectivity index (χ0v) is 19.9. The summed E-state index contributed by atoms with van der Waals surface area (Å²) >= 11 is 0. The van der Waals surface area contributed by atoms with Gasteiger partial charge in [0.05, 0.1) is 12.0 Å². The largest absolute Gasteiger partial charge is 0.497 e. The molecule has 0 spiro atoms. The number of nitrogens with one attached hydrogen (secondary N) is 1. The highest BCUT2D eigenvalue weighted by molar-refractivity contribution is 5.92. The molecule has 1 aliphatic carbocycles. The lowest BCUT2D eigenvalue weighted by atomic mass is 9.58. The summed E-state index contributed by atoms with van der Waals surface area (Å²) in [6, 6.07) is 24.6. The molecule has 6 heteroatoms. The maximum atomic E-state index is 11.7. The number of hydrogen-bond acceptors (Lipinski definition) is 4. The molecule has 4 aromatic rings. The average Bonchev–Trinajstić information content (AvgIpc) is 3.25. The fourth-order valence-corrected chi connectivity index (χ4v) is 6.44. The number of aromatic amines is 1. The van der Waals surface area contributed by atoms with Crippen molar-refractivity contribution in [3.8, 4) is 5.75 Å². The number of ether oxygens (including phenoxy) is 1. The van der Waals surface area contributed by atoms with Crippen molar-refractivity contribution in [3.63, 3.8) is 0 Å². The molecule has 178 valence electrons. The molecule has 3 aromatic carbocycles. The van der Waals surface area contributed by atoms with Crippen molar-refractivity contribution in [2.45, 2.75) is 31.2 Å². The highest BCUT2D eigenvalue weighted by Crippen LogP contribution is 2.50. The molecular formula is C29H29N3O3. The number of fused-ring (bicyclic) bond motifs is 4. The van der Waals surface area contributed by atoms with Gasteiger partial charge in [-0.3, -0.25) is 15.0 Å². The van der Waals surface area contributed by atoms with Gasteiger partial charge in [-0.05, 0) is 60.5 Å². The van der Waals surface area contributed by atoms with E-state index < -0.39 is 0 Å². The SMILES string of the molecule is COc1cccc(C23CCN(Cc4ccccc4)CC2Cc2c([nH]c4c([N+](=O)[O-])cccc24)C3)c1. The molecule has 6 nitrogen and oxygen atoms in total. The van der Waals surface area contributed by atoms with Crippen LogP contribution in [-0.2, 0) is 24.8 Å². The molecule has 2 aliphatic rings. The second-order valence-corrected chi connectivity index (χ2v) is 9.98. The van der Waals surface area contributed by atoms with E-state index in [1.807, 2.05) is 12.1 Å². The summed E-state index contributed by atoms with van der Waals surface area (Å²) in [5.41, 5.74) is 5.80. The van der Waals surface area contributed by atoms with E-state index in [0.29, 0.717) is 11.4 Å². The summed E-state index contributed by atoms with van der Waals surface area (Å²) in [6.07, 6.45) is 2.79. The Bertz CT molecular complexity index is 1400. The third-order valence-corrected chi connectivity index (χ3v) is 8.18. The van der Waals surface area contributed by atoms with E-state index in [1.54, 1.807) is 19.2 Å². The van der Waals surface area contributed by atoms with Crippen molar-refractivity contribution in [1.29, 1.82) is 0 Å². The van der Waals surface area contributed by atoms with Gasteiger partial charge in [-0.1, -0.05) is 54.6 Å². The third-order valence-electron chi connectivity index (χ3n) is 8.18. The number of non-ortho nitro benzene ring substituents is 1. The number of methoxy groups -OCH3 is 1. The first-order valence-electron chi connectivity index (χ1n) is 12.2. The normalized spacial score (nSPS) is 21.9. The maximum absolute atomic E-state index is 11.7. The lowest BCUT2D eigenvalue weighted by molar-refractivity contribution is -0.383. The molecule has 6 rings (SSSR count). The Morgan fingerprint density at radius 2 is 1.94 bits per heavy atom. The number of likely N-dealkylation sites (tertiary alicyclic amines) is 1. The molecule has 2 unspecified atom stereocenters. The molecule has 1 aliphatic heterocycles. The van der Waals surface area contributed by atoms with Crippen LogP contribution in [0.5, 0.6) is 5.75 Å². The molecule has 35 heavy (non-hydrogen) atoms. The Labute approximate surface area is 204 Å². The summed E-state index contributed by atoms with van der Waals surface area (Å²) in [4.78, 5) is 17.5. The highest BCUT2D eigenvalue weighted by atomic mass is 16.6. The number of nitro groups is 1. The number of aromatic nitrogens is 1. The number of hydrogen-bond donors (Lipinski definition) is 1. The third kappa shape index (κ3) is 3.69. The van der Waals surface area contributed by atoms with Gasteiger partial charge in [-0.2, -0.15) is 0 Å². The first-order chi connectivity index (χ1) is 17.1. The summed E-state index contributed by atoms with van der Waals surface area (Å²) in [5, 5.41) is 12.7. The standard InChI is InChI=1S/C29H29N3O3/c1-35-23-10-5-9-21(15-23)29-13-14-31(18-20-7-3-2-4-8-20)19-22(29)16-25-24-11-6-12-27(32(33)34)28(24)30-26(25)17-29/h2-12,15,22,30H,13-14,16-19H2,1H3. The molecule has 2 atom stereocenters. The van der Waals surface area contributed by atoms with Crippen LogP contribution in [0.25, 0.3) is 10.9 Å². The minimum Gasteiger partial charge on any atom is -0.497 e. The Morgan fingerprint density at radius 3 is 2.74 bits per heavy atom. The van der Waals surface area contributed by atoms with Crippen LogP contribution in [0.1, 0.15) is 28.8 Å². The molecule has 1 fully saturated rings. The number of nitrogens with zero attached hydrogens (tertiary/aromatic N) is 2. The Kier molecular flexibility index (Phi) is 5.33. The predicted octanol–water partition coefficient (Wildman–Crippen LogP) is 5.64. The van der Waals surface area contributed by atoms with E-state index in [0.717, 1.165) is 55.7 Å². The number of rotatable bonds is 5. The Hall–Kier alpha value is -3.64. The van der Waals surface area contributed by atoms with Crippen molar-refractivity contribution in [2.75, 3.05) is 20.2 Å². The van der Waals surface area contributed by atoms with Gasteiger partial charge in [-0.15, -0.1) is 0 Å². The van der Waals surface area contributed by atoms with Gasteiger partial charge in [0, 0.05) is 35.7 Å². The van der Waals surface area contributed by atoms with Crippen molar-refractivity contribution in [1.82, 2.24) is 9.88 Å². The first-order valence-corrected chi connectivity index (χ1v) is 12.2. The van der Waals surface area contributed by atoms with Gasteiger partial charge in [0.2, 0.25) is 0 Å². The maximum Gasteiger partial charge on any atom is 0.293 e. The Morgan fingerprint density at radius 1 is 1.11 bits per heavy atom. The van der Waals surface area contributed by atoms with E-state index in [-0.39, 0.29) is 16.0 Å². The molecule has 0 saturated carbocycles. The lowest BCUT2D eigenvalue weighted by Gasteiger charge is -2.51. The van der Waals surface area contributed by atoms with Crippen molar-refractivity contribution in [2.24, 2.45) is 5.92 Å². The van der Waals surface area contributed by atoms with Crippen LogP contribution in [0, 0.1) is 16.0 Å². The quantitative estimate of drug-likeness (QED) is 0.304. The van der Waals surface area contributed by atoms with Crippen LogP contribution >= 0.6 is 0 Å². The second-order valence-electron chi connectivity index (χ2n) is 9.98. The van der Waals surface area contributed by atoms with Gasteiger partial charge >= 0.3 is 0 Å². The summed E-state index contributed by atoms with van der Waals surface area (Å²) < 4.78 is 5.59. The summed E-state index contributed by atoms with van der Waals surface area (Å²) in [7, 11) is 1.71. The van der Waals surface area contributed by atoms with Crippen LogP contribution in [0.3, 0.4) is 0 Å². The molecule has 1 aromatic heterocycles. The van der Waals surface area contributed by atoms with Crippen LogP contribution in [0.15, 0.2) is 72.8 Å². The van der Waals surface area contributed by atoms with Crippen LogP contribution in [0.4, 0.5) is 5.69 Å². The molecule has 0 amide bonds. The number of benzene rings is 3. The van der Waals surface area contributed by atoms with Crippen molar-refractivity contribution in [3.05, 3.63) is 105 Å². The second kappa shape index (κ2) is 8.54. The van der Waals surface area contributed by atoms with Gasteiger partial charge in [0.1, 0.15) is 11.3 Å². The summed E-state index contributed by atoms with van der Waals surface area (Å²) in [5.74, 6) is 1.28. The molecular weight excluding hydrogens is 438 g/mol. The molecule has 0 bridgehead atoms. The smallest absolute Gasteiger partial charge is 0.293 e. The highest BCUT2D eigenvalue weighted by Gasteiger charge is 2.48. The lowest BCUT2D eigenvalue weighted by Crippen LogP contribution is -2.53. The van der Waals surface area contributed by atoms with Gasteiger partial charge in [0.15, 0.2) is 0 Å². The first kappa shape index (κ1) is 21.9. The molecule has 1 saturated heterocycles. The number of nitro benzene ring substituents is 1. The van der Waals surface area contributed by atoms with Crippen molar-refractivity contribution >= 4 is 16.6 Å². The predicted molar refractivity (Wildman–Crippen MR) is 137 cm³/mol. The summed E-state index contributed by atoms with van der Waals surface area (Å²) in [6.45, 7) is 2.95. The van der Waals surface area contributed by atoms with Gasteiger partial charge < -0.3 is 9.72 Å². The van der Waals surface area contributed by atoms with E-state index >= 15 is 0 Å². The monoisotopic (exact) mass is 467 g/mol. The van der Waals surface area contributed by atoms with E-state index in [1.165, 1.54) is 16.7 Å².